The molecule has 0 saturated carbocycles. The zero-order valence-corrected chi connectivity index (χ0v) is 25.8. The van der Waals surface area contributed by atoms with Gasteiger partial charge < -0.3 is 43.4 Å². The molecular formula is C32H49N7O5. The third-order valence-corrected chi connectivity index (χ3v) is 7.35. The number of nitrogens with zero attached hydrogens (tertiary/aromatic N) is 1. The first-order valence-corrected chi connectivity index (χ1v) is 15.2. The lowest BCUT2D eigenvalue weighted by atomic mass is 10.00. The lowest BCUT2D eigenvalue weighted by Crippen LogP contribution is -2.56. The molecule has 2 rings (SSSR count). The molecule has 0 heterocycles. The number of guanidine groups is 1. The maximum atomic E-state index is 13.7. The van der Waals surface area contributed by atoms with Crippen molar-refractivity contribution < 1.29 is 24.6 Å². The average molecular weight is 612 g/mol. The van der Waals surface area contributed by atoms with Crippen LogP contribution in [-0.2, 0) is 27.2 Å². The van der Waals surface area contributed by atoms with Gasteiger partial charge in [0.1, 0.15) is 17.8 Å². The topological polar surface area (TPSA) is 218 Å². The molecule has 44 heavy (non-hydrogen) atoms. The van der Waals surface area contributed by atoms with E-state index in [4.69, 9.17) is 17.2 Å². The molecule has 4 atom stereocenters. The molecular weight excluding hydrogens is 562 g/mol. The van der Waals surface area contributed by atoms with Crippen molar-refractivity contribution in [1.29, 1.82) is 0 Å². The summed E-state index contributed by atoms with van der Waals surface area (Å²) in [7, 11) is 0. The Bertz CT molecular complexity index is 1220. The number of carbonyl (C=O) groups excluding carboxylic acids is 2. The highest BCUT2D eigenvalue weighted by atomic mass is 16.4. The summed E-state index contributed by atoms with van der Waals surface area (Å²) in [5.41, 5.74) is 19.5. The van der Waals surface area contributed by atoms with Crippen molar-refractivity contribution in [3.8, 4) is 5.75 Å². The number of aliphatic carboxylic acids is 1. The lowest BCUT2D eigenvalue weighted by Gasteiger charge is -2.26. The van der Waals surface area contributed by atoms with Crippen LogP contribution >= 0.6 is 0 Å². The number of carboxylic acids is 1. The molecule has 0 saturated heterocycles. The van der Waals surface area contributed by atoms with Crippen molar-refractivity contribution in [3.63, 3.8) is 0 Å². The van der Waals surface area contributed by atoms with Crippen LogP contribution in [0.2, 0.25) is 0 Å². The second-order valence-corrected chi connectivity index (χ2v) is 11.1. The Balaban J connectivity index is 2.22. The molecule has 0 aliphatic carbocycles. The van der Waals surface area contributed by atoms with E-state index in [0.29, 0.717) is 30.5 Å². The minimum absolute atomic E-state index is 0.00401. The Hall–Kier alpha value is -4.16. The Morgan fingerprint density at radius 2 is 1.57 bits per heavy atom. The molecule has 2 amide bonds. The van der Waals surface area contributed by atoms with Crippen molar-refractivity contribution in [2.75, 3.05) is 13.1 Å². The van der Waals surface area contributed by atoms with Crippen molar-refractivity contribution in [2.24, 2.45) is 22.2 Å². The number of aliphatic imine (C=N–C) groups is 1. The van der Waals surface area contributed by atoms with Crippen molar-refractivity contribution in [3.05, 3.63) is 65.2 Å². The van der Waals surface area contributed by atoms with Gasteiger partial charge in [-0.2, -0.15) is 0 Å². The van der Waals surface area contributed by atoms with Crippen LogP contribution in [0.3, 0.4) is 0 Å². The summed E-state index contributed by atoms with van der Waals surface area (Å²) in [4.78, 5) is 43.2. The fourth-order valence-corrected chi connectivity index (χ4v) is 4.81. The van der Waals surface area contributed by atoms with Gasteiger partial charge in [-0.15, -0.1) is 0 Å². The van der Waals surface area contributed by atoms with Crippen LogP contribution in [0.5, 0.6) is 5.75 Å². The van der Waals surface area contributed by atoms with Gasteiger partial charge in [-0.1, -0.05) is 62.6 Å². The quantitative estimate of drug-likeness (QED) is 0.0616. The molecule has 12 heteroatoms. The highest BCUT2D eigenvalue weighted by Gasteiger charge is 2.29. The van der Waals surface area contributed by atoms with E-state index in [0.717, 1.165) is 31.2 Å². The van der Waals surface area contributed by atoms with Crippen LogP contribution in [0.1, 0.15) is 62.1 Å². The maximum Gasteiger partial charge on any atom is 0.326 e. The van der Waals surface area contributed by atoms with Crippen LogP contribution in [-0.4, -0.2) is 71.2 Å². The number of benzene rings is 2. The van der Waals surface area contributed by atoms with Crippen molar-refractivity contribution in [1.82, 2.24) is 16.0 Å². The number of nitrogens with two attached hydrogens (primary N) is 3. The predicted octanol–water partition coefficient (Wildman–Crippen LogP) is 1.46. The van der Waals surface area contributed by atoms with E-state index in [1.54, 1.807) is 13.0 Å². The minimum Gasteiger partial charge on any atom is -0.508 e. The standard InChI is InChI=1S/C32H49N7O5/c1-3-4-6-12-24(33)20-37-27(18-22-10-7-5-8-11-22)30(42)38-26(13-9-16-36-32(34)35)29(41)39-28(31(43)44)19-23-14-15-25(40)17-21(23)2/h5,7-8,10-11,14-15,17,24,26-28,37,40H,3-4,6,9,12-13,16,18-20,33H2,1-2H3,(H,38,42)(H,39,41)(H,43,44)(H4,34,35,36). The average Bonchev–Trinajstić information content (AvgIpc) is 2.97. The van der Waals surface area contributed by atoms with E-state index >= 15 is 0 Å². The monoisotopic (exact) mass is 611 g/mol. The van der Waals surface area contributed by atoms with Gasteiger partial charge in [0.2, 0.25) is 11.8 Å². The third-order valence-electron chi connectivity index (χ3n) is 7.35. The second-order valence-electron chi connectivity index (χ2n) is 11.1. The Labute approximate surface area is 259 Å². The van der Waals surface area contributed by atoms with Crippen LogP contribution in [0, 0.1) is 6.92 Å². The number of nitrogens with one attached hydrogen (secondary N) is 3. The summed E-state index contributed by atoms with van der Waals surface area (Å²) >= 11 is 0. The maximum absolute atomic E-state index is 13.7. The van der Waals surface area contributed by atoms with E-state index in [1.165, 1.54) is 12.1 Å². The Morgan fingerprint density at radius 3 is 2.20 bits per heavy atom. The Morgan fingerprint density at radius 1 is 0.886 bits per heavy atom. The van der Waals surface area contributed by atoms with Gasteiger partial charge in [-0.3, -0.25) is 14.6 Å². The molecule has 0 bridgehead atoms. The molecule has 2 aromatic rings. The van der Waals surface area contributed by atoms with Gasteiger partial charge in [0.25, 0.3) is 0 Å². The van der Waals surface area contributed by atoms with Crippen LogP contribution in [0.4, 0.5) is 0 Å². The number of aromatic hydroxyl groups is 1. The van der Waals surface area contributed by atoms with Crippen molar-refractivity contribution >= 4 is 23.7 Å². The number of hydrogen-bond donors (Lipinski definition) is 8. The molecule has 2 aromatic carbocycles. The molecule has 11 N–H and O–H groups in total. The largest absolute Gasteiger partial charge is 0.508 e. The molecule has 0 aliphatic rings. The zero-order chi connectivity index (χ0) is 32.5. The first kappa shape index (κ1) is 36.0. The summed E-state index contributed by atoms with van der Waals surface area (Å²) in [5.74, 6) is -2.30. The Kier molecular flexibility index (Phi) is 15.7. The van der Waals surface area contributed by atoms with E-state index in [-0.39, 0.29) is 37.1 Å². The van der Waals surface area contributed by atoms with Gasteiger partial charge in [0.05, 0.1) is 6.04 Å². The van der Waals surface area contributed by atoms with Gasteiger partial charge in [0, 0.05) is 25.6 Å². The predicted molar refractivity (Wildman–Crippen MR) is 172 cm³/mol. The first-order chi connectivity index (χ1) is 21.0. The number of phenolic OH excluding ortho intramolecular Hbond substituents is 1. The van der Waals surface area contributed by atoms with E-state index in [2.05, 4.69) is 27.9 Å². The molecule has 0 spiro atoms. The van der Waals surface area contributed by atoms with Crippen LogP contribution in [0.25, 0.3) is 0 Å². The first-order valence-electron chi connectivity index (χ1n) is 15.2. The number of unbranched alkanes of at least 4 members (excludes halogenated alkanes) is 2. The molecule has 12 nitrogen and oxygen atoms in total. The number of carboxylic acid groups (broad SMARTS) is 1. The van der Waals surface area contributed by atoms with E-state index in [1.807, 2.05) is 30.3 Å². The van der Waals surface area contributed by atoms with Crippen LogP contribution < -0.4 is 33.2 Å². The summed E-state index contributed by atoms with van der Waals surface area (Å²) in [6.07, 6.45) is 4.90. The second kappa shape index (κ2) is 19.2. The zero-order valence-electron chi connectivity index (χ0n) is 25.8. The highest BCUT2D eigenvalue weighted by Crippen LogP contribution is 2.17. The minimum atomic E-state index is -1.26. The fraction of sp³-hybridized carbons (Fsp3) is 0.500. The molecule has 0 fully saturated rings. The number of carbonyl (C=O) groups is 3. The number of hydrogen-bond acceptors (Lipinski definition) is 7. The summed E-state index contributed by atoms with van der Waals surface area (Å²) in [5, 5.41) is 28.3. The van der Waals surface area contributed by atoms with E-state index in [9.17, 15) is 24.6 Å². The fourth-order valence-electron chi connectivity index (χ4n) is 4.81. The SMILES string of the molecule is CCCCCC(N)CNC(Cc1ccccc1)C(=O)NC(CCCN=C(N)N)C(=O)NC(Cc1ccc(O)cc1C)C(=O)O. The number of aryl methyl sites for hydroxylation is 1. The number of rotatable bonds is 20. The van der Waals surface area contributed by atoms with Gasteiger partial charge >= 0.3 is 5.97 Å². The van der Waals surface area contributed by atoms with E-state index < -0.39 is 35.9 Å². The summed E-state index contributed by atoms with van der Waals surface area (Å²) in [6.45, 7) is 4.53. The molecule has 4 unspecified atom stereocenters. The van der Waals surface area contributed by atoms with Gasteiger partial charge in [0.15, 0.2) is 5.96 Å². The van der Waals surface area contributed by atoms with Gasteiger partial charge in [-0.05, 0) is 61.4 Å². The summed E-state index contributed by atoms with van der Waals surface area (Å²) in [6, 6.07) is 11.0. The van der Waals surface area contributed by atoms with Gasteiger partial charge in [-0.25, -0.2) is 4.79 Å². The summed E-state index contributed by atoms with van der Waals surface area (Å²) < 4.78 is 0. The third kappa shape index (κ3) is 13.4. The molecule has 0 aliphatic heterocycles. The number of phenols is 1. The molecule has 0 aromatic heterocycles. The smallest absolute Gasteiger partial charge is 0.326 e. The van der Waals surface area contributed by atoms with Crippen molar-refractivity contribution in [2.45, 2.75) is 89.4 Å². The number of amides is 2. The molecule has 242 valence electrons. The normalized spacial score (nSPS) is 13.7. The molecule has 0 radical (unpaired) electrons. The lowest BCUT2D eigenvalue weighted by molar-refractivity contribution is -0.142. The van der Waals surface area contributed by atoms with Crippen LogP contribution in [0.15, 0.2) is 53.5 Å². The highest BCUT2D eigenvalue weighted by molar-refractivity contribution is 5.92.